The molecule has 1 aromatic carbocycles. The SMILES string of the molecule is Brc1ccc2ncnc(OCC3OCCO3)c2c1. The fraction of sp³-hybridized carbons (Fsp3) is 0.333. The van der Waals surface area contributed by atoms with Gasteiger partial charge in [-0.05, 0) is 18.2 Å². The van der Waals surface area contributed by atoms with E-state index in [1.807, 2.05) is 18.2 Å². The van der Waals surface area contributed by atoms with Crippen LogP contribution in [0.4, 0.5) is 0 Å². The lowest BCUT2D eigenvalue weighted by Crippen LogP contribution is -2.18. The fourth-order valence-electron chi connectivity index (χ4n) is 1.77. The first kappa shape index (κ1) is 11.8. The lowest BCUT2D eigenvalue weighted by Gasteiger charge is -2.11. The van der Waals surface area contributed by atoms with Crippen molar-refractivity contribution in [3.8, 4) is 5.88 Å². The van der Waals surface area contributed by atoms with Gasteiger partial charge >= 0.3 is 0 Å². The van der Waals surface area contributed by atoms with Crippen molar-refractivity contribution in [3.05, 3.63) is 29.0 Å². The Labute approximate surface area is 112 Å². The highest BCUT2D eigenvalue weighted by molar-refractivity contribution is 9.10. The van der Waals surface area contributed by atoms with Gasteiger partial charge in [0.15, 0.2) is 6.29 Å². The van der Waals surface area contributed by atoms with Crippen molar-refractivity contribution < 1.29 is 14.2 Å². The molecular weight excluding hydrogens is 300 g/mol. The van der Waals surface area contributed by atoms with Gasteiger partial charge in [0, 0.05) is 4.47 Å². The zero-order valence-electron chi connectivity index (χ0n) is 9.51. The molecule has 0 spiro atoms. The molecule has 0 N–H and O–H groups in total. The standard InChI is InChI=1S/C12H11BrN2O3/c13-8-1-2-10-9(5-8)12(15-7-14-10)18-6-11-16-3-4-17-11/h1-2,5,7,11H,3-4,6H2. The molecule has 0 unspecified atom stereocenters. The predicted octanol–water partition coefficient (Wildman–Crippen LogP) is 2.14. The normalized spacial score (nSPS) is 16.3. The predicted molar refractivity (Wildman–Crippen MR) is 68.4 cm³/mol. The summed E-state index contributed by atoms with van der Waals surface area (Å²) in [5.74, 6) is 0.542. The van der Waals surface area contributed by atoms with E-state index in [1.165, 1.54) is 6.33 Å². The summed E-state index contributed by atoms with van der Waals surface area (Å²) in [6, 6.07) is 5.78. The molecular formula is C12H11BrN2O3. The summed E-state index contributed by atoms with van der Waals surface area (Å²) in [4.78, 5) is 8.33. The van der Waals surface area contributed by atoms with Gasteiger partial charge in [0.05, 0.1) is 24.1 Å². The molecule has 1 aliphatic heterocycles. The van der Waals surface area contributed by atoms with Crippen molar-refractivity contribution in [1.82, 2.24) is 9.97 Å². The van der Waals surface area contributed by atoms with Crippen molar-refractivity contribution in [2.24, 2.45) is 0 Å². The van der Waals surface area contributed by atoms with E-state index in [1.54, 1.807) is 0 Å². The maximum absolute atomic E-state index is 5.64. The van der Waals surface area contributed by atoms with Crippen LogP contribution in [0.3, 0.4) is 0 Å². The van der Waals surface area contributed by atoms with Gasteiger partial charge in [-0.1, -0.05) is 15.9 Å². The number of benzene rings is 1. The first-order valence-corrected chi connectivity index (χ1v) is 6.38. The maximum atomic E-state index is 5.64. The quantitative estimate of drug-likeness (QED) is 0.869. The molecule has 0 atom stereocenters. The summed E-state index contributed by atoms with van der Waals surface area (Å²) < 4.78 is 17.2. The largest absolute Gasteiger partial charge is 0.472 e. The number of aromatic nitrogens is 2. The summed E-state index contributed by atoms with van der Waals surface area (Å²) in [6.07, 6.45) is 1.18. The Morgan fingerprint density at radius 1 is 1.28 bits per heavy atom. The minimum atomic E-state index is -0.304. The van der Waals surface area contributed by atoms with Crippen LogP contribution >= 0.6 is 15.9 Å². The number of rotatable bonds is 3. The summed E-state index contributed by atoms with van der Waals surface area (Å²) >= 11 is 3.42. The molecule has 1 aliphatic rings. The number of hydrogen-bond donors (Lipinski definition) is 0. The van der Waals surface area contributed by atoms with E-state index < -0.39 is 0 Å². The van der Waals surface area contributed by atoms with E-state index >= 15 is 0 Å². The van der Waals surface area contributed by atoms with Crippen molar-refractivity contribution >= 4 is 26.8 Å². The van der Waals surface area contributed by atoms with Gasteiger partial charge in [-0.25, -0.2) is 9.97 Å². The average Bonchev–Trinajstić information content (AvgIpc) is 2.89. The molecule has 18 heavy (non-hydrogen) atoms. The lowest BCUT2D eigenvalue weighted by atomic mass is 10.2. The van der Waals surface area contributed by atoms with Crippen molar-refractivity contribution in [2.45, 2.75) is 6.29 Å². The van der Waals surface area contributed by atoms with Gasteiger partial charge < -0.3 is 14.2 Å². The first-order valence-electron chi connectivity index (χ1n) is 5.59. The second-order valence-corrected chi connectivity index (χ2v) is 4.74. The molecule has 5 nitrogen and oxygen atoms in total. The van der Waals surface area contributed by atoms with Gasteiger partial charge in [-0.15, -0.1) is 0 Å². The van der Waals surface area contributed by atoms with Gasteiger partial charge in [0.25, 0.3) is 0 Å². The maximum Gasteiger partial charge on any atom is 0.224 e. The average molecular weight is 311 g/mol. The molecule has 1 saturated heterocycles. The highest BCUT2D eigenvalue weighted by Gasteiger charge is 2.17. The molecule has 0 radical (unpaired) electrons. The molecule has 94 valence electrons. The van der Waals surface area contributed by atoms with E-state index in [4.69, 9.17) is 14.2 Å². The van der Waals surface area contributed by atoms with Gasteiger partial charge in [-0.2, -0.15) is 0 Å². The molecule has 1 aromatic heterocycles. The fourth-order valence-corrected chi connectivity index (χ4v) is 2.13. The second-order valence-electron chi connectivity index (χ2n) is 3.82. The summed E-state index contributed by atoms with van der Waals surface area (Å²) in [6.45, 7) is 1.56. The summed E-state index contributed by atoms with van der Waals surface area (Å²) in [7, 11) is 0. The number of fused-ring (bicyclic) bond motifs is 1. The van der Waals surface area contributed by atoms with Gasteiger partial charge in [0.2, 0.25) is 5.88 Å². The number of nitrogens with zero attached hydrogens (tertiary/aromatic N) is 2. The molecule has 2 aromatic rings. The van der Waals surface area contributed by atoms with E-state index in [-0.39, 0.29) is 6.29 Å². The van der Waals surface area contributed by atoms with Crippen molar-refractivity contribution in [1.29, 1.82) is 0 Å². The number of hydrogen-bond acceptors (Lipinski definition) is 5. The summed E-state index contributed by atoms with van der Waals surface area (Å²) in [5.41, 5.74) is 0.844. The third kappa shape index (κ3) is 2.45. The smallest absolute Gasteiger partial charge is 0.224 e. The Morgan fingerprint density at radius 2 is 2.11 bits per heavy atom. The second kappa shape index (κ2) is 5.17. The van der Waals surface area contributed by atoms with Crippen LogP contribution in [-0.4, -0.2) is 36.1 Å². The lowest BCUT2D eigenvalue weighted by molar-refractivity contribution is -0.0689. The van der Waals surface area contributed by atoms with Crippen LogP contribution in [0.1, 0.15) is 0 Å². The highest BCUT2D eigenvalue weighted by Crippen LogP contribution is 2.25. The Hall–Kier alpha value is -1.24. The first-order chi connectivity index (χ1) is 8.83. The van der Waals surface area contributed by atoms with Crippen molar-refractivity contribution in [3.63, 3.8) is 0 Å². The minimum absolute atomic E-state index is 0.304. The van der Waals surface area contributed by atoms with Crippen LogP contribution in [-0.2, 0) is 9.47 Å². The Balaban J connectivity index is 1.84. The van der Waals surface area contributed by atoms with E-state index in [0.717, 1.165) is 15.4 Å². The van der Waals surface area contributed by atoms with E-state index in [9.17, 15) is 0 Å². The van der Waals surface area contributed by atoms with E-state index in [2.05, 4.69) is 25.9 Å². The van der Waals surface area contributed by atoms with Crippen LogP contribution in [0.5, 0.6) is 5.88 Å². The van der Waals surface area contributed by atoms with E-state index in [0.29, 0.717) is 25.7 Å². The van der Waals surface area contributed by atoms with Crippen LogP contribution in [0, 0.1) is 0 Å². The zero-order chi connectivity index (χ0) is 12.4. The third-order valence-corrected chi connectivity index (χ3v) is 3.10. The highest BCUT2D eigenvalue weighted by atomic mass is 79.9. The molecule has 6 heteroatoms. The van der Waals surface area contributed by atoms with Crippen molar-refractivity contribution in [2.75, 3.05) is 19.8 Å². The van der Waals surface area contributed by atoms with Crippen LogP contribution in [0.25, 0.3) is 10.9 Å². The van der Waals surface area contributed by atoms with Crippen LogP contribution < -0.4 is 4.74 Å². The van der Waals surface area contributed by atoms with Crippen LogP contribution in [0.15, 0.2) is 29.0 Å². The van der Waals surface area contributed by atoms with Crippen LogP contribution in [0.2, 0.25) is 0 Å². The number of ether oxygens (including phenoxy) is 3. The minimum Gasteiger partial charge on any atom is -0.472 e. The summed E-state index contributed by atoms with van der Waals surface area (Å²) in [5, 5.41) is 0.866. The topological polar surface area (TPSA) is 53.5 Å². The Kier molecular flexibility index (Phi) is 3.40. The molecule has 0 saturated carbocycles. The van der Waals surface area contributed by atoms with Gasteiger partial charge in [0.1, 0.15) is 12.9 Å². The Bertz CT molecular complexity index is 558. The molecule has 2 heterocycles. The molecule has 1 fully saturated rings. The Morgan fingerprint density at radius 3 is 2.94 bits per heavy atom. The van der Waals surface area contributed by atoms with Gasteiger partial charge in [-0.3, -0.25) is 0 Å². The molecule has 0 amide bonds. The monoisotopic (exact) mass is 310 g/mol. The molecule has 3 rings (SSSR count). The number of halogens is 1. The third-order valence-electron chi connectivity index (χ3n) is 2.61. The molecule has 0 aliphatic carbocycles. The zero-order valence-corrected chi connectivity index (χ0v) is 11.1. The molecule has 0 bridgehead atoms.